The van der Waals surface area contributed by atoms with Gasteiger partial charge in [-0.15, -0.1) is 0 Å². The molecule has 0 bridgehead atoms. The normalized spacial score (nSPS) is 11.3. The molecule has 31 heavy (non-hydrogen) atoms. The van der Waals surface area contributed by atoms with Crippen LogP contribution in [0.2, 0.25) is 0 Å². The van der Waals surface area contributed by atoms with Crippen LogP contribution in [-0.2, 0) is 10.0 Å². The van der Waals surface area contributed by atoms with E-state index in [1.165, 1.54) is 30.6 Å². The monoisotopic (exact) mass is 443 g/mol. The Bertz CT molecular complexity index is 1320. The number of benzene rings is 2. The molecule has 0 aliphatic rings. The van der Waals surface area contributed by atoms with Crippen LogP contribution in [0.15, 0.2) is 72.1 Å². The molecular formula is C20H15F2N5O3S. The van der Waals surface area contributed by atoms with Gasteiger partial charge in [-0.05, 0) is 43.3 Å². The van der Waals surface area contributed by atoms with Gasteiger partial charge in [-0.2, -0.15) is 0 Å². The fourth-order valence-electron chi connectivity index (χ4n) is 2.79. The number of aryl methyl sites for hydroxylation is 1. The average molecular weight is 443 g/mol. The van der Waals surface area contributed by atoms with Crippen molar-refractivity contribution in [1.82, 2.24) is 19.5 Å². The van der Waals surface area contributed by atoms with Crippen LogP contribution in [0.25, 0.3) is 5.82 Å². The summed E-state index contributed by atoms with van der Waals surface area (Å²) in [6.45, 7) is 1.83. The van der Waals surface area contributed by atoms with Gasteiger partial charge in [-0.1, -0.05) is 6.07 Å². The van der Waals surface area contributed by atoms with E-state index in [2.05, 4.69) is 19.7 Å². The Balaban J connectivity index is 1.51. The molecule has 0 saturated carbocycles. The molecule has 0 saturated heterocycles. The van der Waals surface area contributed by atoms with E-state index in [0.717, 1.165) is 24.0 Å². The molecule has 158 valence electrons. The lowest BCUT2D eigenvalue weighted by molar-refractivity contribution is 0.461. The molecule has 0 aliphatic heterocycles. The highest BCUT2D eigenvalue weighted by molar-refractivity contribution is 7.92. The molecule has 0 spiro atoms. The Kier molecular flexibility index (Phi) is 5.34. The molecule has 0 unspecified atom stereocenters. The zero-order valence-electron chi connectivity index (χ0n) is 16.0. The Morgan fingerprint density at radius 2 is 1.71 bits per heavy atom. The van der Waals surface area contributed by atoms with E-state index in [1.54, 1.807) is 23.0 Å². The minimum Gasteiger partial charge on any atom is -0.439 e. The quantitative estimate of drug-likeness (QED) is 0.486. The Morgan fingerprint density at radius 3 is 2.35 bits per heavy atom. The summed E-state index contributed by atoms with van der Waals surface area (Å²) in [6, 6.07) is 10.2. The Hall–Kier alpha value is -3.86. The fourth-order valence-corrected chi connectivity index (χ4v) is 3.99. The Labute approximate surface area is 176 Å². The van der Waals surface area contributed by atoms with Gasteiger partial charge < -0.3 is 4.74 Å². The van der Waals surface area contributed by atoms with Gasteiger partial charge in [-0.3, -0.25) is 9.29 Å². The van der Waals surface area contributed by atoms with Crippen molar-refractivity contribution in [1.29, 1.82) is 0 Å². The molecule has 0 amide bonds. The predicted molar refractivity (Wildman–Crippen MR) is 108 cm³/mol. The van der Waals surface area contributed by atoms with Crippen molar-refractivity contribution in [2.24, 2.45) is 0 Å². The number of ether oxygens (including phenoxy) is 1. The van der Waals surface area contributed by atoms with Gasteiger partial charge in [0.2, 0.25) is 5.88 Å². The first-order valence-corrected chi connectivity index (χ1v) is 10.4. The van der Waals surface area contributed by atoms with Crippen molar-refractivity contribution in [3.05, 3.63) is 84.7 Å². The van der Waals surface area contributed by atoms with Crippen molar-refractivity contribution in [3.63, 3.8) is 0 Å². The molecule has 0 atom stereocenters. The standard InChI is InChI=1S/C20H15F2N5O3S/c1-13-23-9-10-27(13)18-11-19(25-12-24-18)30-15-7-5-14(6-8-15)26-31(28,29)20-16(21)3-2-4-17(20)22/h2-12,26H,1H3. The third-order valence-corrected chi connectivity index (χ3v) is 5.65. The summed E-state index contributed by atoms with van der Waals surface area (Å²) < 4.78 is 61.9. The summed E-state index contributed by atoms with van der Waals surface area (Å²) in [5.74, 6) is -0.420. The third kappa shape index (κ3) is 4.36. The van der Waals surface area contributed by atoms with Crippen molar-refractivity contribution >= 4 is 15.7 Å². The lowest BCUT2D eigenvalue weighted by Gasteiger charge is -2.11. The molecule has 2 aromatic heterocycles. The van der Waals surface area contributed by atoms with E-state index < -0.39 is 26.6 Å². The van der Waals surface area contributed by atoms with E-state index in [-0.39, 0.29) is 11.6 Å². The highest BCUT2D eigenvalue weighted by atomic mass is 32.2. The van der Waals surface area contributed by atoms with Crippen LogP contribution in [0, 0.1) is 18.6 Å². The van der Waals surface area contributed by atoms with Crippen molar-refractivity contribution < 1.29 is 21.9 Å². The highest BCUT2D eigenvalue weighted by Gasteiger charge is 2.23. The maximum Gasteiger partial charge on any atom is 0.267 e. The summed E-state index contributed by atoms with van der Waals surface area (Å²) in [7, 11) is -4.45. The van der Waals surface area contributed by atoms with Gasteiger partial charge in [-0.25, -0.2) is 32.2 Å². The second-order valence-corrected chi connectivity index (χ2v) is 7.96. The molecule has 2 heterocycles. The predicted octanol–water partition coefficient (Wildman–Crippen LogP) is 3.84. The van der Waals surface area contributed by atoms with Crippen LogP contribution in [0.4, 0.5) is 14.5 Å². The van der Waals surface area contributed by atoms with Crippen molar-refractivity contribution in [3.8, 4) is 17.4 Å². The van der Waals surface area contributed by atoms with Crippen LogP contribution in [0.3, 0.4) is 0 Å². The van der Waals surface area contributed by atoms with Gasteiger partial charge >= 0.3 is 0 Å². The second-order valence-electron chi connectivity index (χ2n) is 6.34. The number of sulfonamides is 1. The number of halogens is 2. The first kappa shape index (κ1) is 20.4. The number of nitrogens with zero attached hydrogens (tertiary/aromatic N) is 4. The molecule has 0 fully saturated rings. The van der Waals surface area contributed by atoms with Gasteiger partial charge in [0.25, 0.3) is 10.0 Å². The van der Waals surface area contributed by atoms with Crippen LogP contribution in [0.5, 0.6) is 11.6 Å². The molecule has 1 N–H and O–H groups in total. The SMILES string of the molecule is Cc1nccn1-c1cc(Oc2ccc(NS(=O)(=O)c3c(F)cccc3F)cc2)ncn1. The number of aromatic nitrogens is 4. The smallest absolute Gasteiger partial charge is 0.267 e. The Morgan fingerprint density at radius 1 is 1.00 bits per heavy atom. The van der Waals surface area contributed by atoms with Gasteiger partial charge in [0.05, 0.1) is 0 Å². The molecular weight excluding hydrogens is 428 g/mol. The van der Waals surface area contributed by atoms with E-state index in [1.807, 2.05) is 6.92 Å². The van der Waals surface area contributed by atoms with Crippen molar-refractivity contribution in [2.75, 3.05) is 4.72 Å². The number of hydrogen-bond acceptors (Lipinski definition) is 6. The number of nitrogens with one attached hydrogen (secondary N) is 1. The number of rotatable bonds is 6. The van der Waals surface area contributed by atoms with Crippen LogP contribution < -0.4 is 9.46 Å². The fraction of sp³-hybridized carbons (Fsp3) is 0.0500. The van der Waals surface area contributed by atoms with E-state index >= 15 is 0 Å². The maximum atomic E-state index is 13.8. The minimum atomic E-state index is -4.45. The number of imidazole rings is 1. The minimum absolute atomic E-state index is 0.104. The summed E-state index contributed by atoms with van der Waals surface area (Å²) in [6.07, 6.45) is 4.74. The van der Waals surface area contributed by atoms with Gasteiger partial charge in [0, 0.05) is 24.1 Å². The zero-order valence-corrected chi connectivity index (χ0v) is 16.8. The average Bonchev–Trinajstić information content (AvgIpc) is 3.15. The van der Waals surface area contributed by atoms with E-state index in [0.29, 0.717) is 11.6 Å². The largest absolute Gasteiger partial charge is 0.439 e. The maximum absolute atomic E-state index is 13.8. The molecule has 4 aromatic rings. The highest BCUT2D eigenvalue weighted by Crippen LogP contribution is 2.25. The first-order chi connectivity index (χ1) is 14.8. The van der Waals surface area contributed by atoms with Crippen molar-refractivity contribution in [2.45, 2.75) is 11.8 Å². The van der Waals surface area contributed by atoms with E-state index in [9.17, 15) is 17.2 Å². The molecule has 4 rings (SSSR count). The molecule has 8 nitrogen and oxygen atoms in total. The third-order valence-electron chi connectivity index (χ3n) is 4.22. The molecule has 0 radical (unpaired) electrons. The molecule has 0 aliphatic carbocycles. The molecule has 11 heteroatoms. The topological polar surface area (TPSA) is 99.0 Å². The lowest BCUT2D eigenvalue weighted by Crippen LogP contribution is -2.16. The number of hydrogen-bond donors (Lipinski definition) is 1. The zero-order chi connectivity index (χ0) is 22.0. The van der Waals surface area contributed by atoms with Crippen LogP contribution in [0.1, 0.15) is 5.82 Å². The summed E-state index contributed by atoms with van der Waals surface area (Å²) in [5, 5.41) is 0. The number of anilines is 1. The summed E-state index contributed by atoms with van der Waals surface area (Å²) in [4.78, 5) is 11.3. The first-order valence-electron chi connectivity index (χ1n) is 8.90. The van der Waals surface area contributed by atoms with Gasteiger partial charge in [0.15, 0.2) is 4.90 Å². The second kappa shape index (κ2) is 8.11. The van der Waals surface area contributed by atoms with Crippen LogP contribution in [-0.4, -0.2) is 27.9 Å². The summed E-state index contributed by atoms with van der Waals surface area (Å²) >= 11 is 0. The van der Waals surface area contributed by atoms with Gasteiger partial charge in [0.1, 0.15) is 35.4 Å². The van der Waals surface area contributed by atoms with Crippen LogP contribution >= 0.6 is 0 Å². The lowest BCUT2D eigenvalue weighted by atomic mass is 10.3. The summed E-state index contributed by atoms with van der Waals surface area (Å²) in [5.41, 5.74) is 0.104. The molecule has 2 aromatic carbocycles. The van der Waals surface area contributed by atoms with E-state index in [4.69, 9.17) is 4.74 Å².